The molecule has 4 aromatic rings. The van der Waals surface area contributed by atoms with Gasteiger partial charge in [-0.15, -0.1) is 11.3 Å². The Balaban J connectivity index is 1.44. The summed E-state index contributed by atoms with van der Waals surface area (Å²) in [5.74, 6) is 0.207. The molecule has 3 unspecified atom stereocenters. The third kappa shape index (κ3) is 8.48. The molecule has 0 saturated heterocycles. The van der Waals surface area contributed by atoms with Crippen molar-refractivity contribution in [1.29, 1.82) is 0 Å². The van der Waals surface area contributed by atoms with Crippen molar-refractivity contribution in [2.24, 2.45) is 0 Å². The van der Waals surface area contributed by atoms with Crippen LogP contribution in [0.3, 0.4) is 0 Å². The van der Waals surface area contributed by atoms with E-state index in [-0.39, 0.29) is 24.4 Å². The summed E-state index contributed by atoms with van der Waals surface area (Å²) in [5.41, 5.74) is 3.70. The number of carbonyl (C=O) groups excluding carboxylic acids is 2. The van der Waals surface area contributed by atoms with Gasteiger partial charge in [0.2, 0.25) is 0 Å². The molecule has 4 rings (SSSR count). The first-order chi connectivity index (χ1) is 20.2. The largest absolute Gasteiger partial charge is 0.497 e. The number of thiazole rings is 1. The molecule has 0 fully saturated rings. The molecule has 2 amide bonds. The SMILES string of the molecule is COc1cccc(C(C)NCC(O)C(Cc2ccccc2)NC(=O)c2cccc(C(=O)N(C)Cc3nc(C)cs3)c2)c1. The third-order valence-corrected chi connectivity index (χ3v) is 8.02. The summed E-state index contributed by atoms with van der Waals surface area (Å²) < 4.78 is 5.33. The van der Waals surface area contributed by atoms with E-state index < -0.39 is 12.1 Å². The molecule has 0 aliphatic heterocycles. The minimum atomic E-state index is -0.875. The van der Waals surface area contributed by atoms with Gasteiger partial charge in [0.15, 0.2) is 0 Å². The van der Waals surface area contributed by atoms with Gasteiger partial charge in [0.1, 0.15) is 10.8 Å². The van der Waals surface area contributed by atoms with Crippen LogP contribution in [0.4, 0.5) is 0 Å². The van der Waals surface area contributed by atoms with Crippen molar-refractivity contribution in [1.82, 2.24) is 20.5 Å². The highest BCUT2D eigenvalue weighted by Gasteiger charge is 2.24. The number of aryl methyl sites for hydroxylation is 1. The molecule has 3 aromatic carbocycles. The second kappa shape index (κ2) is 14.7. The molecule has 220 valence electrons. The van der Waals surface area contributed by atoms with Crippen LogP contribution in [0.15, 0.2) is 84.2 Å². The van der Waals surface area contributed by atoms with Crippen LogP contribution in [-0.4, -0.2) is 59.7 Å². The van der Waals surface area contributed by atoms with Crippen LogP contribution in [0, 0.1) is 6.92 Å². The van der Waals surface area contributed by atoms with E-state index in [9.17, 15) is 14.7 Å². The number of ether oxygens (including phenoxy) is 1. The van der Waals surface area contributed by atoms with Crippen molar-refractivity contribution in [3.8, 4) is 5.75 Å². The third-order valence-electron chi connectivity index (χ3n) is 7.06. The molecule has 3 atom stereocenters. The van der Waals surface area contributed by atoms with Gasteiger partial charge in [0.25, 0.3) is 11.8 Å². The first-order valence-corrected chi connectivity index (χ1v) is 14.8. The van der Waals surface area contributed by atoms with E-state index in [0.29, 0.717) is 24.1 Å². The first kappa shape index (κ1) is 30.9. The Bertz CT molecular complexity index is 1480. The van der Waals surface area contributed by atoms with E-state index in [0.717, 1.165) is 27.6 Å². The number of aliphatic hydroxyl groups is 1. The number of methoxy groups -OCH3 is 1. The summed E-state index contributed by atoms with van der Waals surface area (Å²) >= 11 is 1.51. The number of benzene rings is 3. The lowest BCUT2D eigenvalue weighted by atomic mass is 9.99. The van der Waals surface area contributed by atoms with Crippen LogP contribution in [0.1, 0.15) is 55.5 Å². The van der Waals surface area contributed by atoms with Crippen molar-refractivity contribution in [3.05, 3.63) is 117 Å². The summed E-state index contributed by atoms with van der Waals surface area (Å²) in [4.78, 5) is 32.6. The van der Waals surface area contributed by atoms with Crippen LogP contribution in [0.5, 0.6) is 5.75 Å². The molecule has 9 heteroatoms. The van der Waals surface area contributed by atoms with Crippen LogP contribution in [0.2, 0.25) is 0 Å². The van der Waals surface area contributed by atoms with Gasteiger partial charge in [-0.05, 0) is 61.7 Å². The van der Waals surface area contributed by atoms with Crippen molar-refractivity contribution in [2.75, 3.05) is 20.7 Å². The lowest BCUT2D eigenvalue weighted by Crippen LogP contribution is -2.49. The number of rotatable bonds is 13. The Kier molecular flexibility index (Phi) is 10.8. The zero-order chi connectivity index (χ0) is 30.1. The monoisotopic (exact) mass is 586 g/mol. The molecular weight excluding hydrogens is 548 g/mol. The normalized spacial score (nSPS) is 13.2. The summed E-state index contributed by atoms with van der Waals surface area (Å²) in [7, 11) is 3.35. The van der Waals surface area contributed by atoms with Gasteiger partial charge < -0.3 is 25.4 Å². The highest BCUT2D eigenvalue weighted by molar-refractivity contribution is 7.09. The maximum absolute atomic E-state index is 13.4. The second-order valence-electron chi connectivity index (χ2n) is 10.4. The average molecular weight is 587 g/mol. The van der Waals surface area contributed by atoms with Crippen molar-refractivity contribution >= 4 is 23.2 Å². The van der Waals surface area contributed by atoms with Crippen molar-refractivity contribution in [3.63, 3.8) is 0 Å². The fourth-order valence-corrected chi connectivity index (χ4v) is 5.46. The number of amides is 2. The Morgan fingerprint density at radius 3 is 2.48 bits per heavy atom. The molecule has 8 nitrogen and oxygen atoms in total. The molecule has 0 spiro atoms. The molecular formula is C33H38N4O4S. The highest BCUT2D eigenvalue weighted by atomic mass is 32.1. The fraction of sp³-hybridized carbons (Fsp3) is 0.303. The Labute approximate surface area is 251 Å². The summed E-state index contributed by atoms with van der Waals surface area (Å²) in [6.45, 7) is 4.58. The van der Waals surface area contributed by atoms with E-state index >= 15 is 0 Å². The van der Waals surface area contributed by atoms with E-state index in [2.05, 4.69) is 15.6 Å². The van der Waals surface area contributed by atoms with E-state index in [1.807, 2.05) is 73.8 Å². The van der Waals surface area contributed by atoms with Crippen LogP contribution >= 0.6 is 11.3 Å². The van der Waals surface area contributed by atoms with Crippen LogP contribution in [-0.2, 0) is 13.0 Å². The number of aromatic nitrogens is 1. The molecule has 0 radical (unpaired) electrons. The quantitative estimate of drug-likeness (QED) is 0.208. The summed E-state index contributed by atoms with van der Waals surface area (Å²) in [5, 5.41) is 20.5. The zero-order valence-corrected chi connectivity index (χ0v) is 25.2. The summed E-state index contributed by atoms with van der Waals surface area (Å²) in [6.07, 6.45) is -0.433. The molecule has 1 heterocycles. The molecule has 3 N–H and O–H groups in total. The molecule has 42 heavy (non-hydrogen) atoms. The van der Waals surface area contributed by atoms with Crippen LogP contribution in [0.25, 0.3) is 0 Å². The maximum atomic E-state index is 13.4. The van der Waals surface area contributed by atoms with Crippen molar-refractivity contribution in [2.45, 2.75) is 45.0 Å². The predicted molar refractivity (Wildman–Crippen MR) is 166 cm³/mol. The molecule has 0 bridgehead atoms. The lowest BCUT2D eigenvalue weighted by molar-refractivity contribution is 0.0784. The van der Waals surface area contributed by atoms with Gasteiger partial charge in [0.05, 0.1) is 25.8 Å². The number of nitrogens with zero attached hydrogens (tertiary/aromatic N) is 2. The average Bonchev–Trinajstić information content (AvgIpc) is 3.43. The molecule has 0 saturated carbocycles. The van der Waals surface area contributed by atoms with Gasteiger partial charge in [-0.2, -0.15) is 0 Å². The number of aliphatic hydroxyl groups excluding tert-OH is 1. The van der Waals surface area contributed by atoms with Crippen molar-refractivity contribution < 1.29 is 19.4 Å². The number of hydrogen-bond acceptors (Lipinski definition) is 7. The van der Waals surface area contributed by atoms with Gasteiger partial charge in [-0.25, -0.2) is 4.98 Å². The number of nitrogens with one attached hydrogen (secondary N) is 2. The van der Waals surface area contributed by atoms with E-state index in [1.54, 1.807) is 43.3 Å². The van der Waals surface area contributed by atoms with E-state index in [1.165, 1.54) is 11.3 Å². The standard InChI is InChI=1S/C33H38N4O4S/c1-22-21-42-31(35-22)20-37(3)33(40)27-14-8-13-26(17-27)32(39)36-29(16-24-10-6-5-7-11-24)30(38)19-34-23(2)25-12-9-15-28(18-25)41-4/h5-15,17-18,21,23,29-30,34,38H,16,19-20H2,1-4H3,(H,36,39). The zero-order valence-electron chi connectivity index (χ0n) is 24.4. The maximum Gasteiger partial charge on any atom is 0.253 e. The molecule has 0 aliphatic carbocycles. The minimum Gasteiger partial charge on any atom is -0.497 e. The Morgan fingerprint density at radius 1 is 1.02 bits per heavy atom. The number of hydrogen-bond donors (Lipinski definition) is 3. The van der Waals surface area contributed by atoms with Gasteiger partial charge in [0, 0.05) is 41.8 Å². The minimum absolute atomic E-state index is 0.0456. The smallest absolute Gasteiger partial charge is 0.253 e. The topological polar surface area (TPSA) is 104 Å². The Morgan fingerprint density at radius 2 is 1.76 bits per heavy atom. The molecule has 1 aromatic heterocycles. The molecule has 0 aliphatic rings. The fourth-order valence-electron chi connectivity index (χ4n) is 4.64. The predicted octanol–water partition coefficient (Wildman–Crippen LogP) is 4.79. The Hall–Kier alpha value is -4.05. The van der Waals surface area contributed by atoms with E-state index in [4.69, 9.17) is 4.74 Å². The highest BCUT2D eigenvalue weighted by Crippen LogP contribution is 2.19. The first-order valence-electron chi connectivity index (χ1n) is 13.9. The van der Waals surface area contributed by atoms with Crippen LogP contribution < -0.4 is 15.4 Å². The van der Waals surface area contributed by atoms with Gasteiger partial charge >= 0.3 is 0 Å². The summed E-state index contributed by atoms with van der Waals surface area (Å²) in [6, 6.07) is 23.6. The van der Waals surface area contributed by atoms with Gasteiger partial charge in [-0.1, -0.05) is 48.5 Å². The second-order valence-corrected chi connectivity index (χ2v) is 11.3. The number of carbonyl (C=O) groups is 2. The van der Waals surface area contributed by atoms with Gasteiger partial charge in [-0.3, -0.25) is 9.59 Å². The lowest BCUT2D eigenvalue weighted by Gasteiger charge is -2.26.